The molecule has 6 heteroatoms. The minimum absolute atomic E-state index is 0.225. The number of piperidine rings is 1. The summed E-state index contributed by atoms with van der Waals surface area (Å²) in [6.45, 7) is 3.88. The summed E-state index contributed by atoms with van der Waals surface area (Å²) in [7, 11) is 0. The molecule has 0 saturated carbocycles. The minimum atomic E-state index is -0.225. The zero-order chi connectivity index (χ0) is 17.2. The number of hydrogen-bond donors (Lipinski definition) is 3. The second-order valence-corrected chi connectivity index (χ2v) is 6.49. The number of fused-ring (bicyclic) bond motifs is 1. The number of imidazole rings is 1. The van der Waals surface area contributed by atoms with Crippen LogP contribution in [0.4, 0.5) is 5.82 Å². The Hall–Kier alpha value is -2.73. The van der Waals surface area contributed by atoms with Gasteiger partial charge in [-0.2, -0.15) is 0 Å². The van der Waals surface area contributed by atoms with E-state index < -0.39 is 0 Å². The summed E-state index contributed by atoms with van der Waals surface area (Å²) in [6, 6.07) is 9.82. The van der Waals surface area contributed by atoms with Crippen molar-refractivity contribution < 1.29 is 4.79 Å². The normalized spacial score (nSPS) is 15.4. The minimum Gasteiger partial charge on any atom is -0.345 e. The van der Waals surface area contributed by atoms with Crippen LogP contribution in [0.1, 0.15) is 40.8 Å². The van der Waals surface area contributed by atoms with Gasteiger partial charge in [0.1, 0.15) is 17.3 Å². The molecule has 2 aromatic heterocycles. The number of nitrogens with zero attached hydrogens (tertiary/aromatic N) is 2. The van der Waals surface area contributed by atoms with Crippen LogP contribution >= 0.6 is 0 Å². The molecule has 1 amide bonds. The summed E-state index contributed by atoms with van der Waals surface area (Å²) >= 11 is 0. The number of hydrogen-bond acceptors (Lipinski definition) is 4. The molecule has 1 aliphatic heterocycles. The van der Waals surface area contributed by atoms with Gasteiger partial charge in [0, 0.05) is 23.2 Å². The highest BCUT2D eigenvalue weighted by Crippen LogP contribution is 2.24. The van der Waals surface area contributed by atoms with Gasteiger partial charge >= 0.3 is 0 Å². The number of aromatic nitrogens is 3. The summed E-state index contributed by atoms with van der Waals surface area (Å²) in [4.78, 5) is 24.8. The van der Waals surface area contributed by atoms with E-state index in [1.165, 1.54) is 0 Å². The maximum absolute atomic E-state index is 12.6. The van der Waals surface area contributed by atoms with E-state index in [-0.39, 0.29) is 5.91 Å². The predicted octanol–water partition coefficient (Wildman–Crippen LogP) is 2.99. The van der Waals surface area contributed by atoms with Crippen molar-refractivity contribution in [1.82, 2.24) is 20.3 Å². The van der Waals surface area contributed by atoms with Gasteiger partial charge in [-0.1, -0.05) is 24.3 Å². The number of aromatic amines is 1. The van der Waals surface area contributed by atoms with Crippen molar-refractivity contribution in [2.45, 2.75) is 25.7 Å². The first-order chi connectivity index (χ1) is 12.2. The number of rotatable bonds is 3. The first-order valence-corrected chi connectivity index (χ1v) is 8.64. The lowest BCUT2D eigenvalue weighted by molar-refractivity contribution is 0.102. The number of aryl methyl sites for hydroxylation is 1. The molecule has 0 spiro atoms. The highest BCUT2D eigenvalue weighted by molar-refractivity contribution is 6.03. The lowest BCUT2D eigenvalue weighted by atomic mass is 9.98. The number of benzene rings is 1. The van der Waals surface area contributed by atoms with Crippen LogP contribution in [0.25, 0.3) is 10.8 Å². The summed E-state index contributed by atoms with van der Waals surface area (Å²) < 4.78 is 0. The van der Waals surface area contributed by atoms with Crippen molar-refractivity contribution in [3.05, 3.63) is 53.7 Å². The molecular weight excluding hydrogens is 314 g/mol. The van der Waals surface area contributed by atoms with Crippen LogP contribution in [-0.4, -0.2) is 33.9 Å². The number of nitrogens with one attached hydrogen (secondary N) is 3. The second-order valence-electron chi connectivity index (χ2n) is 6.49. The number of carbonyl (C=O) groups excluding carboxylic acids is 1. The van der Waals surface area contributed by atoms with Crippen LogP contribution < -0.4 is 10.6 Å². The average Bonchev–Trinajstić information content (AvgIpc) is 3.04. The van der Waals surface area contributed by atoms with Crippen molar-refractivity contribution >= 4 is 22.5 Å². The Morgan fingerprint density at radius 3 is 2.76 bits per heavy atom. The van der Waals surface area contributed by atoms with Crippen molar-refractivity contribution in [2.75, 3.05) is 18.4 Å². The Bertz CT molecular complexity index is 911. The second kappa shape index (κ2) is 6.64. The van der Waals surface area contributed by atoms with Gasteiger partial charge < -0.3 is 15.6 Å². The van der Waals surface area contributed by atoms with Gasteiger partial charge in [0.2, 0.25) is 0 Å². The molecule has 1 aliphatic rings. The third kappa shape index (κ3) is 3.25. The highest BCUT2D eigenvalue weighted by Gasteiger charge is 2.22. The third-order valence-corrected chi connectivity index (χ3v) is 4.72. The molecule has 3 N–H and O–H groups in total. The molecule has 3 aromatic rings. The molecular formula is C19H21N5O. The van der Waals surface area contributed by atoms with E-state index in [0.717, 1.165) is 48.2 Å². The molecule has 0 aliphatic carbocycles. The van der Waals surface area contributed by atoms with Gasteiger partial charge in [0.15, 0.2) is 0 Å². The number of amides is 1. The van der Waals surface area contributed by atoms with E-state index in [4.69, 9.17) is 0 Å². The molecule has 1 aromatic carbocycles. The van der Waals surface area contributed by atoms with Crippen molar-refractivity contribution in [3.8, 4) is 0 Å². The molecule has 4 rings (SSSR count). The zero-order valence-electron chi connectivity index (χ0n) is 14.2. The standard InChI is InChI=1S/C19H21N5O/c1-12-17(24-18(22-12)13-6-8-20-9-7-13)19(25)23-16-10-14-4-2-3-5-15(14)11-21-16/h2-5,10-11,13,20H,6-9H2,1H3,(H,22,24)(H,21,23,25). The smallest absolute Gasteiger partial charge is 0.277 e. The fourth-order valence-electron chi connectivity index (χ4n) is 3.32. The Morgan fingerprint density at radius 2 is 1.96 bits per heavy atom. The van der Waals surface area contributed by atoms with Gasteiger partial charge in [0.05, 0.1) is 0 Å². The Balaban J connectivity index is 1.54. The van der Waals surface area contributed by atoms with E-state index >= 15 is 0 Å². The fraction of sp³-hybridized carbons (Fsp3) is 0.316. The molecule has 6 nitrogen and oxygen atoms in total. The van der Waals surface area contributed by atoms with Crippen LogP contribution in [-0.2, 0) is 0 Å². The van der Waals surface area contributed by atoms with Crippen molar-refractivity contribution in [2.24, 2.45) is 0 Å². The molecule has 0 unspecified atom stereocenters. The van der Waals surface area contributed by atoms with E-state index in [0.29, 0.717) is 17.4 Å². The zero-order valence-corrected chi connectivity index (χ0v) is 14.2. The first kappa shape index (κ1) is 15.8. The van der Waals surface area contributed by atoms with Gasteiger partial charge in [-0.05, 0) is 44.3 Å². The van der Waals surface area contributed by atoms with Crippen LogP contribution in [0.2, 0.25) is 0 Å². The van der Waals surface area contributed by atoms with E-state index in [1.807, 2.05) is 37.3 Å². The number of anilines is 1. The first-order valence-electron chi connectivity index (χ1n) is 8.64. The van der Waals surface area contributed by atoms with Gasteiger partial charge in [0.25, 0.3) is 5.91 Å². The number of H-pyrrole nitrogens is 1. The van der Waals surface area contributed by atoms with Crippen LogP contribution in [0.3, 0.4) is 0 Å². The highest BCUT2D eigenvalue weighted by atomic mass is 16.2. The summed E-state index contributed by atoms with van der Waals surface area (Å²) in [5, 5.41) is 8.30. The van der Waals surface area contributed by atoms with E-state index in [1.54, 1.807) is 6.20 Å². The van der Waals surface area contributed by atoms with Crippen LogP contribution in [0.15, 0.2) is 36.5 Å². The maximum atomic E-state index is 12.6. The summed E-state index contributed by atoms with van der Waals surface area (Å²) in [6.07, 6.45) is 3.85. The monoisotopic (exact) mass is 335 g/mol. The molecule has 1 saturated heterocycles. The predicted molar refractivity (Wildman–Crippen MR) is 97.9 cm³/mol. The Morgan fingerprint density at radius 1 is 1.20 bits per heavy atom. The molecule has 128 valence electrons. The van der Waals surface area contributed by atoms with E-state index in [9.17, 15) is 4.79 Å². The Kier molecular flexibility index (Phi) is 4.19. The molecule has 25 heavy (non-hydrogen) atoms. The van der Waals surface area contributed by atoms with Crippen molar-refractivity contribution in [1.29, 1.82) is 0 Å². The topological polar surface area (TPSA) is 82.7 Å². The largest absolute Gasteiger partial charge is 0.345 e. The molecule has 0 atom stereocenters. The lowest BCUT2D eigenvalue weighted by Crippen LogP contribution is -2.27. The fourth-order valence-corrected chi connectivity index (χ4v) is 3.32. The molecule has 0 bridgehead atoms. The molecule has 1 fully saturated rings. The Labute approximate surface area is 146 Å². The summed E-state index contributed by atoms with van der Waals surface area (Å²) in [5.41, 5.74) is 1.25. The summed E-state index contributed by atoms with van der Waals surface area (Å²) in [5.74, 6) is 1.61. The number of pyridine rings is 1. The van der Waals surface area contributed by atoms with Gasteiger partial charge in [-0.15, -0.1) is 0 Å². The number of carbonyl (C=O) groups is 1. The average molecular weight is 335 g/mol. The third-order valence-electron chi connectivity index (χ3n) is 4.72. The SMILES string of the molecule is Cc1[nH]c(C2CCNCC2)nc1C(=O)Nc1cc2ccccc2cn1. The molecule has 0 radical (unpaired) electrons. The lowest BCUT2D eigenvalue weighted by Gasteiger charge is -2.20. The molecule has 3 heterocycles. The van der Waals surface area contributed by atoms with Crippen molar-refractivity contribution in [3.63, 3.8) is 0 Å². The van der Waals surface area contributed by atoms with Crippen LogP contribution in [0.5, 0.6) is 0 Å². The van der Waals surface area contributed by atoms with E-state index in [2.05, 4.69) is 25.6 Å². The maximum Gasteiger partial charge on any atom is 0.277 e. The van der Waals surface area contributed by atoms with Gasteiger partial charge in [-0.3, -0.25) is 4.79 Å². The quantitative estimate of drug-likeness (QED) is 0.687. The van der Waals surface area contributed by atoms with Gasteiger partial charge in [-0.25, -0.2) is 9.97 Å². The van der Waals surface area contributed by atoms with Crippen LogP contribution in [0, 0.1) is 6.92 Å².